The highest BCUT2D eigenvalue weighted by Crippen LogP contribution is 2.38. The summed E-state index contributed by atoms with van der Waals surface area (Å²) in [5.74, 6) is 0.242. The summed E-state index contributed by atoms with van der Waals surface area (Å²) < 4.78 is 62.6. The van der Waals surface area contributed by atoms with E-state index in [-0.39, 0.29) is 36.7 Å². The van der Waals surface area contributed by atoms with Crippen molar-refractivity contribution in [3.05, 3.63) is 107 Å². The summed E-state index contributed by atoms with van der Waals surface area (Å²) in [7, 11) is -4.12. The zero-order valence-electron chi connectivity index (χ0n) is 33.7. The highest BCUT2D eigenvalue weighted by Gasteiger charge is 2.38. The van der Waals surface area contributed by atoms with Crippen LogP contribution in [0, 0.1) is 0 Å². The second-order valence-electron chi connectivity index (χ2n) is 14.3. The molecule has 2 heterocycles. The number of ether oxygens (including phenoxy) is 2. The van der Waals surface area contributed by atoms with Crippen LogP contribution in [0.2, 0.25) is 0 Å². The maximum Gasteiger partial charge on any atom is 0.262 e. The van der Waals surface area contributed by atoms with Gasteiger partial charge < -0.3 is 20.1 Å². The van der Waals surface area contributed by atoms with Gasteiger partial charge in [0.05, 0.1) is 49.0 Å². The van der Waals surface area contributed by atoms with Gasteiger partial charge in [-0.1, -0.05) is 48.5 Å². The molecule has 6 aromatic rings. The summed E-state index contributed by atoms with van der Waals surface area (Å²) in [6.45, 7) is 2.76. The summed E-state index contributed by atoms with van der Waals surface area (Å²) in [6.07, 6.45) is 2.21. The summed E-state index contributed by atoms with van der Waals surface area (Å²) in [4.78, 5) is 56.5. The first-order valence-electron chi connectivity index (χ1n) is 18.9. The van der Waals surface area contributed by atoms with Gasteiger partial charge in [0, 0.05) is 37.0 Å². The minimum atomic E-state index is -3.67. The van der Waals surface area contributed by atoms with Crippen molar-refractivity contribution < 1.29 is 54.6 Å². The Hall–Kier alpha value is -6.02. The number of fused-ring (bicyclic) bond motifs is 10. The molecule has 0 aliphatic carbocycles. The first kappa shape index (κ1) is 44.5. The van der Waals surface area contributed by atoms with Gasteiger partial charge in [-0.2, -0.15) is 16.8 Å². The van der Waals surface area contributed by atoms with Crippen LogP contribution in [0.4, 0.5) is 0 Å². The quantitative estimate of drug-likeness (QED) is 0.0562. The Morgan fingerprint density at radius 2 is 0.836 bits per heavy atom. The van der Waals surface area contributed by atoms with E-state index in [1.54, 1.807) is 26.4 Å². The summed E-state index contributed by atoms with van der Waals surface area (Å²) >= 11 is 0. The van der Waals surface area contributed by atoms with Crippen molar-refractivity contribution >= 4 is 87.0 Å². The SMILES string of the molecule is COc1ccc2ccc3ccc4c(c3c2c1)C(=O)N(CCNCCCNCCN1C(=O)c2ccc3ccc5ccc(OC)cc5c3c2C1=O)C4=O.CS(=O)(=O)O.CS(=O)(=O)O. The molecule has 0 aromatic heterocycles. The zero-order valence-corrected chi connectivity index (χ0v) is 35.4. The Balaban J connectivity index is 0.000000560. The van der Waals surface area contributed by atoms with Gasteiger partial charge in [0.25, 0.3) is 43.9 Å². The van der Waals surface area contributed by atoms with Crippen molar-refractivity contribution in [1.29, 1.82) is 0 Å². The van der Waals surface area contributed by atoms with Crippen molar-refractivity contribution in [2.75, 3.05) is 66.0 Å². The number of nitrogens with one attached hydrogen (secondary N) is 2. The van der Waals surface area contributed by atoms with E-state index < -0.39 is 20.2 Å². The topological polar surface area (TPSA) is 226 Å². The minimum Gasteiger partial charge on any atom is -0.497 e. The molecule has 0 atom stereocenters. The third kappa shape index (κ3) is 10.1. The Kier molecular flexibility index (Phi) is 13.4. The molecule has 18 heteroatoms. The van der Waals surface area contributed by atoms with Gasteiger partial charge in [-0.15, -0.1) is 0 Å². The van der Waals surface area contributed by atoms with E-state index in [1.165, 1.54) is 9.80 Å². The fourth-order valence-electron chi connectivity index (χ4n) is 7.43. The molecular weight excluding hydrogens is 829 g/mol. The van der Waals surface area contributed by atoms with Crippen molar-refractivity contribution in [3.63, 3.8) is 0 Å². The Morgan fingerprint density at radius 1 is 0.508 bits per heavy atom. The van der Waals surface area contributed by atoms with E-state index in [9.17, 15) is 36.0 Å². The second kappa shape index (κ2) is 18.3. The maximum atomic E-state index is 13.6. The van der Waals surface area contributed by atoms with Crippen LogP contribution in [-0.4, -0.2) is 125 Å². The fraction of sp³-hybridized carbons (Fsp3) is 0.256. The van der Waals surface area contributed by atoms with Crippen molar-refractivity contribution in [3.8, 4) is 11.5 Å². The third-order valence-electron chi connectivity index (χ3n) is 10.0. The molecule has 0 saturated heterocycles. The van der Waals surface area contributed by atoms with Crippen LogP contribution >= 0.6 is 0 Å². The maximum absolute atomic E-state index is 13.6. The predicted molar refractivity (Wildman–Crippen MR) is 232 cm³/mol. The molecule has 2 aliphatic heterocycles. The van der Waals surface area contributed by atoms with Crippen LogP contribution < -0.4 is 20.1 Å². The average Bonchev–Trinajstić information content (AvgIpc) is 3.60. The van der Waals surface area contributed by atoms with Crippen LogP contribution in [0.5, 0.6) is 11.5 Å². The lowest BCUT2D eigenvalue weighted by Crippen LogP contribution is -2.38. The number of carbonyl (C=O) groups is 4. The summed E-state index contributed by atoms with van der Waals surface area (Å²) in [5.41, 5.74) is 1.74. The first-order chi connectivity index (χ1) is 28.9. The van der Waals surface area contributed by atoms with Gasteiger partial charge in [-0.05, 0) is 88.2 Å². The largest absolute Gasteiger partial charge is 0.497 e. The Bertz CT molecular complexity index is 2740. The van der Waals surface area contributed by atoms with Crippen molar-refractivity contribution in [1.82, 2.24) is 20.4 Å². The van der Waals surface area contributed by atoms with Gasteiger partial charge in [-0.25, -0.2) is 0 Å². The van der Waals surface area contributed by atoms with Crippen LogP contribution in [0.15, 0.2) is 84.9 Å². The lowest BCUT2D eigenvalue weighted by molar-refractivity contribution is 0.0641. The molecule has 4 N–H and O–H groups in total. The average molecular weight is 873 g/mol. The van der Waals surface area contributed by atoms with Gasteiger partial charge in [0.15, 0.2) is 0 Å². The standard InChI is InChI=1S/C41H36N4O6.2CH4O3S/c1-50-28-12-8-24-4-6-26-10-14-30-36(34(26)32(24)22-28)40(48)44(38(30)46)20-18-42-16-3-17-43-19-21-45-39(47)31-15-11-27-7-5-25-9-13-29(51-2)23-33(25)35(27)37(31)41(45)49;2*1-5(2,3)4/h4-15,22-23,42-43H,3,16-21H2,1-2H3;2*1H3,(H,2,3,4). The van der Waals surface area contributed by atoms with E-state index in [0.29, 0.717) is 72.4 Å². The molecule has 0 bridgehead atoms. The molecule has 0 fully saturated rings. The van der Waals surface area contributed by atoms with Crippen LogP contribution in [0.1, 0.15) is 47.9 Å². The summed E-state index contributed by atoms with van der Waals surface area (Å²) in [6, 6.07) is 26.7. The molecule has 61 heavy (non-hydrogen) atoms. The number of methoxy groups -OCH3 is 2. The highest BCUT2D eigenvalue weighted by atomic mass is 32.2. The molecule has 4 amide bonds. The highest BCUT2D eigenvalue weighted by molar-refractivity contribution is 7.85. The fourth-order valence-corrected chi connectivity index (χ4v) is 7.43. The smallest absolute Gasteiger partial charge is 0.262 e. The number of carbonyl (C=O) groups excluding carboxylic acids is 4. The molecule has 320 valence electrons. The van der Waals surface area contributed by atoms with E-state index in [0.717, 1.165) is 49.5 Å². The van der Waals surface area contributed by atoms with E-state index in [2.05, 4.69) is 10.6 Å². The number of rotatable bonds is 12. The zero-order chi connectivity index (χ0) is 44.2. The Labute approximate surface area is 351 Å². The van der Waals surface area contributed by atoms with Crippen molar-refractivity contribution in [2.24, 2.45) is 0 Å². The number of hydrogen-bond acceptors (Lipinski definition) is 12. The molecule has 0 unspecified atom stereocenters. The molecule has 6 aromatic carbocycles. The van der Waals surface area contributed by atoms with Crippen LogP contribution in [-0.2, 0) is 20.2 Å². The van der Waals surface area contributed by atoms with E-state index in [1.807, 2.05) is 72.8 Å². The number of benzene rings is 6. The lowest BCUT2D eigenvalue weighted by atomic mass is 9.95. The predicted octanol–water partition coefficient (Wildman–Crippen LogP) is 4.79. The minimum absolute atomic E-state index is 0.256. The van der Waals surface area contributed by atoms with Crippen molar-refractivity contribution in [2.45, 2.75) is 6.42 Å². The third-order valence-corrected chi connectivity index (χ3v) is 10.0. The number of amides is 4. The molecule has 8 rings (SSSR count). The normalized spacial score (nSPS) is 13.7. The Morgan fingerprint density at radius 3 is 1.20 bits per heavy atom. The molecule has 16 nitrogen and oxygen atoms in total. The number of nitrogens with zero attached hydrogens (tertiary/aromatic N) is 2. The number of imide groups is 2. The molecule has 0 spiro atoms. The summed E-state index contributed by atoms with van der Waals surface area (Å²) in [5, 5.41) is 13.7. The lowest BCUT2D eigenvalue weighted by Gasteiger charge is -2.15. The number of hydrogen-bond donors (Lipinski definition) is 4. The van der Waals surface area contributed by atoms with E-state index >= 15 is 0 Å². The van der Waals surface area contributed by atoms with Gasteiger partial charge >= 0.3 is 0 Å². The van der Waals surface area contributed by atoms with E-state index in [4.69, 9.17) is 18.6 Å². The van der Waals surface area contributed by atoms with Gasteiger partial charge in [0.2, 0.25) is 0 Å². The molecular formula is C43H44N4O12S2. The van der Waals surface area contributed by atoms with Crippen LogP contribution in [0.3, 0.4) is 0 Å². The van der Waals surface area contributed by atoms with Gasteiger partial charge in [-0.3, -0.25) is 38.1 Å². The monoisotopic (exact) mass is 872 g/mol. The second-order valence-corrected chi connectivity index (χ2v) is 17.3. The van der Waals surface area contributed by atoms with Gasteiger partial charge in [0.1, 0.15) is 11.5 Å². The molecule has 0 radical (unpaired) electrons. The molecule has 0 saturated carbocycles. The molecule has 2 aliphatic rings. The van der Waals surface area contributed by atoms with Crippen LogP contribution in [0.25, 0.3) is 43.1 Å². The first-order valence-corrected chi connectivity index (χ1v) is 22.6.